The summed E-state index contributed by atoms with van der Waals surface area (Å²) in [6.45, 7) is 9.94. The second kappa shape index (κ2) is 7.68. The SMILES string of the molecule is Cc1cccc(NC(=O)NCCNC(=O)OC(C)(C)C)c1C. The molecule has 0 aliphatic rings. The highest BCUT2D eigenvalue weighted by atomic mass is 16.6. The number of hydrogen-bond acceptors (Lipinski definition) is 3. The normalized spacial score (nSPS) is 10.8. The Balaban J connectivity index is 2.30. The van der Waals surface area contributed by atoms with Gasteiger partial charge >= 0.3 is 12.1 Å². The van der Waals surface area contributed by atoms with E-state index in [1.54, 1.807) is 20.8 Å². The molecule has 0 bridgehead atoms. The Morgan fingerprint density at radius 3 is 2.36 bits per heavy atom. The Kier molecular flexibility index (Phi) is 6.22. The monoisotopic (exact) mass is 307 g/mol. The highest BCUT2D eigenvalue weighted by Crippen LogP contribution is 2.17. The van der Waals surface area contributed by atoms with E-state index < -0.39 is 11.7 Å². The minimum atomic E-state index is -0.530. The fourth-order valence-electron chi connectivity index (χ4n) is 1.71. The third-order valence-electron chi connectivity index (χ3n) is 2.93. The lowest BCUT2D eigenvalue weighted by molar-refractivity contribution is 0.0528. The molecular weight excluding hydrogens is 282 g/mol. The molecule has 3 amide bonds. The highest BCUT2D eigenvalue weighted by Gasteiger charge is 2.15. The number of carbonyl (C=O) groups is 2. The van der Waals surface area contributed by atoms with Gasteiger partial charge in [-0.2, -0.15) is 0 Å². The zero-order chi connectivity index (χ0) is 16.8. The van der Waals surface area contributed by atoms with E-state index in [1.807, 2.05) is 32.0 Å². The topological polar surface area (TPSA) is 79.5 Å². The van der Waals surface area contributed by atoms with E-state index in [0.29, 0.717) is 13.1 Å². The van der Waals surface area contributed by atoms with Gasteiger partial charge in [-0.1, -0.05) is 12.1 Å². The predicted octanol–water partition coefficient (Wildman–Crippen LogP) is 2.95. The molecule has 1 rings (SSSR count). The van der Waals surface area contributed by atoms with E-state index in [0.717, 1.165) is 16.8 Å². The van der Waals surface area contributed by atoms with E-state index in [4.69, 9.17) is 4.74 Å². The van der Waals surface area contributed by atoms with Crippen LogP contribution in [0.15, 0.2) is 18.2 Å². The molecule has 6 heteroatoms. The lowest BCUT2D eigenvalue weighted by atomic mass is 10.1. The fourth-order valence-corrected chi connectivity index (χ4v) is 1.71. The van der Waals surface area contributed by atoms with Crippen molar-refractivity contribution in [3.05, 3.63) is 29.3 Å². The number of carbonyl (C=O) groups excluding carboxylic acids is 2. The van der Waals surface area contributed by atoms with E-state index in [9.17, 15) is 9.59 Å². The summed E-state index contributed by atoms with van der Waals surface area (Å²) in [6.07, 6.45) is -0.496. The Morgan fingerprint density at radius 2 is 1.73 bits per heavy atom. The van der Waals surface area contributed by atoms with Gasteiger partial charge in [-0.3, -0.25) is 0 Å². The van der Waals surface area contributed by atoms with Crippen molar-refractivity contribution < 1.29 is 14.3 Å². The van der Waals surface area contributed by atoms with Crippen LogP contribution in [-0.4, -0.2) is 30.8 Å². The third-order valence-corrected chi connectivity index (χ3v) is 2.93. The smallest absolute Gasteiger partial charge is 0.407 e. The zero-order valence-corrected chi connectivity index (χ0v) is 13.9. The van der Waals surface area contributed by atoms with Crippen molar-refractivity contribution >= 4 is 17.8 Å². The van der Waals surface area contributed by atoms with Crippen LogP contribution in [0.3, 0.4) is 0 Å². The minimum absolute atomic E-state index is 0.301. The summed E-state index contributed by atoms with van der Waals surface area (Å²) in [5.74, 6) is 0. The van der Waals surface area contributed by atoms with Crippen LogP contribution in [0.2, 0.25) is 0 Å². The largest absolute Gasteiger partial charge is 0.444 e. The molecule has 1 aromatic rings. The van der Waals surface area contributed by atoms with Crippen molar-refractivity contribution in [2.45, 2.75) is 40.2 Å². The number of hydrogen-bond donors (Lipinski definition) is 3. The standard InChI is InChI=1S/C16H25N3O3/c1-11-7-6-8-13(12(11)2)19-14(20)17-9-10-18-15(21)22-16(3,4)5/h6-8H,9-10H2,1-5H3,(H,18,21)(H2,17,19,20). The van der Waals surface area contributed by atoms with Gasteiger partial charge in [0.05, 0.1) is 0 Å². The van der Waals surface area contributed by atoms with Crippen molar-refractivity contribution in [2.24, 2.45) is 0 Å². The molecular formula is C16H25N3O3. The van der Waals surface area contributed by atoms with E-state index in [2.05, 4.69) is 16.0 Å². The molecule has 0 spiro atoms. The first kappa shape index (κ1) is 17.8. The molecule has 122 valence electrons. The van der Waals surface area contributed by atoms with Crippen molar-refractivity contribution in [3.63, 3.8) is 0 Å². The lowest BCUT2D eigenvalue weighted by Crippen LogP contribution is -2.39. The fraction of sp³-hybridized carbons (Fsp3) is 0.500. The summed E-state index contributed by atoms with van der Waals surface area (Å²) in [5, 5.41) is 8.03. The van der Waals surface area contributed by atoms with Crippen molar-refractivity contribution in [1.82, 2.24) is 10.6 Å². The summed E-state index contributed by atoms with van der Waals surface area (Å²) in [6, 6.07) is 5.42. The first-order valence-corrected chi connectivity index (χ1v) is 7.27. The summed E-state index contributed by atoms with van der Waals surface area (Å²) >= 11 is 0. The molecule has 0 fully saturated rings. The van der Waals surface area contributed by atoms with Gasteiger partial charge in [0.25, 0.3) is 0 Å². The average molecular weight is 307 g/mol. The Morgan fingerprint density at radius 1 is 1.09 bits per heavy atom. The Labute approximate surface area is 131 Å². The zero-order valence-electron chi connectivity index (χ0n) is 13.9. The predicted molar refractivity (Wildman–Crippen MR) is 87.2 cm³/mol. The van der Waals surface area contributed by atoms with Crippen LogP contribution >= 0.6 is 0 Å². The molecule has 22 heavy (non-hydrogen) atoms. The first-order chi connectivity index (χ1) is 10.2. The van der Waals surface area contributed by atoms with Gasteiger partial charge in [-0.15, -0.1) is 0 Å². The number of ether oxygens (including phenoxy) is 1. The van der Waals surface area contributed by atoms with Crippen LogP contribution in [0.5, 0.6) is 0 Å². The number of alkyl carbamates (subject to hydrolysis) is 1. The second-order valence-corrected chi connectivity index (χ2v) is 6.06. The number of amides is 3. The van der Waals surface area contributed by atoms with Crippen LogP contribution in [-0.2, 0) is 4.74 Å². The number of nitrogens with one attached hydrogen (secondary N) is 3. The van der Waals surface area contributed by atoms with Gasteiger partial charge < -0.3 is 20.7 Å². The molecule has 0 aromatic heterocycles. The quantitative estimate of drug-likeness (QED) is 0.748. The number of benzene rings is 1. The maximum atomic E-state index is 11.8. The minimum Gasteiger partial charge on any atom is -0.444 e. The molecule has 6 nitrogen and oxygen atoms in total. The van der Waals surface area contributed by atoms with Gasteiger partial charge in [0.1, 0.15) is 5.60 Å². The molecule has 0 atom stereocenters. The summed E-state index contributed by atoms with van der Waals surface area (Å²) < 4.78 is 5.09. The van der Waals surface area contributed by atoms with Gasteiger partial charge in [-0.05, 0) is 51.8 Å². The van der Waals surface area contributed by atoms with Gasteiger partial charge in [0.2, 0.25) is 0 Å². The van der Waals surface area contributed by atoms with Crippen molar-refractivity contribution in [3.8, 4) is 0 Å². The van der Waals surface area contributed by atoms with Gasteiger partial charge in [0.15, 0.2) is 0 Å². The Hall–Kier alpha value is -2.24. The van der Waals surface area contributed by atoms with E-state index >= 15 is 0 Å². The molecule has 0 aliphatic carbocycles. The average Bonchev–Trinajstić information content (AvgIpc) is 2.38. The van der Waals surface area contributed by atoms with Crippen LogP contribution in [0.4, 0.5) is 15.3 Å². The number of aryl methyl sites for hydroxylation is 1. The van der Waals surface area contributed by atoms with E-state index in [1.165, 1.54) is 0 Å². The summed E-state index contributed by atoms with van der Waals surface area (Å²) in [5.41, 5.74) is 2.39. The van der Waals surface area contributed by atoms with Gasteiger partial charge in [0, 0.05) is 18.8 Å². The van der Waals surface area contributed by atoms with Crippen LogP contribution in [0.25, 0.3) is 0 Å². The molecule has 0 saturated heterocycles. The van der Waals surface area contributed by atoms with Crippen LogP contribution in [0, 0.1) is 13.8 Å². The third kappa shape index (κ3) is 6.47. The molecule has 3 N–H and O–H groups in total. The Bertz CT molecular complexity index is 536. The first-order valence-electron chi connectivity index (χ1n) is 7.27. The van der Waals surface area contributed by atoms with Crippen molar-refractivity contribution in [1.29, 1.82) is 0 Å². The maximum absolute atomic E-state index is 11.8. The molecule has 0 saturated carbocycles. The molecule has 0 radical (unpaired) electrons. The summed E-state index contributed by atoms with van der Waals surface area (Å²) in [4.78, 5) is 23.2. The molecule has 0 unspecified atom stereocenters. The van der Waals surface area contributed by atoms with Crippen molar-refractivity contribution in [2.75, 3.05) is 18.4 Å². The lowest BCUT2D eigenvalue weighted by Gasteiger charge is -2.19. The van der Waals surface area contributed by atoms with Crippen LogP contribution < -0.4 is 16.0 Å². The van der Waals surface area contributed by atoms with E-state index in [-0.39, 0.29) is 6.03 Å². The second-order valence-electron chi connectivity index (χ2n) is 6.06. The maximum Gasteiger partial charge on any atom is 0.407 e. The molecule has 1 aromatic carbocycles. The number of rotatable bonds is 4. The number of urea groups is 1. The highest BCUT2D eigenvalue weighted by molar-refractivity contribution is 5.90. The number of anilines is 1. The van der Waals surface area contributed by atoms with Crippen LogP contribution in [0.1, 0.15) is 31.9 Å². The summed E-state index contributed by atoms with van der Waals surface area (Å²) in [7, 11) is 0. The molecule has 0 aliphatic heterocycles. The van der Waals surface area contributed by atoms with Gasteiger partial charge in [-0.25, -0.2) is 9.59 Å². The molecule has 0 heterocycles.